The Kier molecular flexibility index (Phi) is 9.56. The Morgan fingerprint density at radius 1 is 1.10 bits per heavy atom. The van der Waals surface area contributed by atoms with E-state index >= 15 is 0 Å². The van der Waals surface area contributed by atoms with E-state index in [1.807, 2.05) is 0 Å². The summed E-state index contributed by atoms with van der Waals surface area (Å²) >= 11 is 7.02. The van der Waals surface area contributed by atoms with Crippen molar-refractivity contribution in [1.29, 1.82) is 5.26 Å². The van der Waals surface area contributed by atoms with Crippen LogP contribution in [0.15, 0.2) is 48.5 Å². The Morgan fingerprint density at radius 2 is 1.77 bits per heavy atom. The average molecular weight is 587 g/mol. The normalized spacial score (nSPS) is 11.6. The average Bonchev–Trinajstić information content (AvgIpc) is 3.30. The summed E-state index contributed by atoms with van der Waals surface area (Å²) in [5.74, 6) is -1.62. The number of thiophene rings is 1. The van der Waals surface area contributed by atoms with Gasteiger partial charge in [-0.3, -0.25) is 14.5 Å². The van der Waals surface area contributed by atoms with Crippen molar-refractivity contribution in [3.8, 4) is 6.19 Å². The first-order chi connectivity index (χ1) is 18.2. The second kappa shape index (κ2) is 12.3. The van der Waals surface area contributed by atoms with E-state index < -0.39 is 25.9 Å². The molecule has 0 spiro atoms. The lowest BCUT2D eigenvalue weighted by Crippen LogP contribution is -2.42. The van der Waals surface area contributed by atoms with Gasteiger partial charge < -0.3 is 15.1 Å². The lowest BCUT2D eigenvalue weighted by Gasteiger charge is -2.36. The number of nitrogens with zero attached hydrogens (tertiary/aromatic N) is 2. The van der Waals surface area contributed by atoms with Gasteiger partial charge >= 0.3 is 0 Å². The van der Waals surface area contributed by atoms with Gasteiger partial charge in [0.15, 0.2) is 14.5 Å². The van der Waals surface area contributed by atoms with Crippen LogP contribution in [0.25, 0.3) is 0 Å². The zero-order valence-corrected chi connectivity index (χ0v) is 25.4. The molecule has 2 aromatic carbocycles. The Bertz CT molecular complexity index is 1400. The first kappa shape index (κ1) is 30.3. The van der Waals surface area contributed by atoms with E-state index in [-0.39, 0.29) is 21.9 Å². The summed E-state index contributed by atoms with van der Waals surface area (Å²) in [6, 6.07) is 12.4. The minimum absolute atomic E-state index is 0.0281. The highest BCUT2D eigenvalue weighted by Crippen LogP contribution is 2.36. The molecule has 0 saturated heterocycles. The molecule has 0 radical (unpaired) electrons. The largest absolute Gasteiger partial charge is 0.415 e. The van der Waals surface area contributed by atoms with Crippen LogP contribution in [0.5, 0.6) is 0 Å². The van der Waals surface area contributed by atoms with Crippen LogP contribution in [0.4, 0.5) is 21.5 Å². The minimum Gasteiger partial charge on any atom is -0.415 e. The monoisotopic (exact) mass is 586 g/mol. The lowest BCUT2D eigenvalue weighted by molar-refractivity contribution is 0.102. The van der Waals surface area contributed by atoms with E-state index in [2.05, 4.69) is 50.7 Å². The minimum atomic E-state index is -1.93. The number of benzene rings is 2. The fraction of sp³-hybridized carbons (Fsp3) is 0.321. The highest BCUT2D eigenvalue weighted by atomic mass is 35.5. The molecule has 0 bridgehead atoms. The zero-order chi connectivity index (χ0) is 29.0. The molecule has 206 valence electrons. The number of halogens is 2. The second-order valence-electron chi connectivity index (χ2n) is 10.6. The van der Waals surface area contributed by atoms with Crippen LogP contribution in [0.1, 0.15) is 46.4 Å². The maximum Gasteiger partial charge on any atom is 0.265 e. The van der Waals surface area contributed by atoms with E-state index in [0.29, 0.717) is 33.7 Å². The van der Waals surface area contributed by atoms with E-state index in [4.69, 9.17) is 16.0 Å². The maximum atomic E-state index is 14.4. The SMILES string of the molecule is Cc1cc(NC(=O)c2ccc(Cl)s2)c(C(=O)Nc2ccc(N(C#N)CCO[Si](C)(C)C(C)(C)C)cc2)cc1F. The van der Waals surface area contributed by atoms with Gasteiger partial charge in [-0.15, -0.1) is 11.3 Å². The smallest absolute Gasteiger partial charge is 0.265 e. The first-order valence-electron chi connectivity index (χ1n) is 12.3. The Balaban J connectivity index is 1.71. The molecule has 0 aliphatic rings. The number of aryl methyl sites for hydroxylation is 1. The van der Waals surface area contributed by atoms with Crippen LogP contribution in [-0.2, 0) is 4.43 Å². The highest BCUT2D eigenvalue weighted by molar-refractivity contribution is 7.18. The summed E-state index contributed by atoms with van der Waals surface area (Å²) in [5, 5.41) is 15.1. The van der Waals surface area contributed by atoms with Gasteiger partial charge in [0.25, 0.3) is 11.8 Å². The number of carbonyl (C=O) groups excluding carboxylic acids is 2. The van der Waals surface area contributed by atoms with Crippen molar-refractivity contribution in [2.24, 2.45) is 0 Å². The number of amides is 2. The number of carbonyl (C=O) groups is 2. The molecule has 0 aliphatic heterocycles. The highest BCUT2D eigenvalue weighted by Gasteiger charge is 2.37. The summed E-state index contributed by atoms with van der Waals surface area (Å²) < 4.78 is 21.0. The van der Waals surface area contributed by atoms with Crippen molar-refractivity contribution in [2.75, 3.05) is 28.7 Å². The molecule has 0 atom stereocenters. The summed E-state index contributed by atoms with van der Waals surface area (Å²) in [5.41, 5.74) is 1.53. The van der Waals surface area contributed by atoms with Gasteiger partial charge in [0, 0.05) is 5.69 Å². The summed E-state index contributed by atoms with van der Waals surface area (Å²) in [6.45, 7) is 13.2. The molecule has 0 fully saturated rings. The summed E-state index contributed by atoms with van der Waals surface area (Å²) in [4.78, 5) is 27.6. The topological polar surface area (TPSA) is 94.5 Å². The van der Waals surface area contributed by atoms with Crippen molar-refractivity contribution in [2.45, 2.75) is 45.8 Å². The van der Waals surface area contributed by atoms with Gasteiger partial charge in [-0.1, -0.05) is 32.4 Å². The Labute approximate surface area is 238 Å². The Morgan fingerprint density at radius 3 is 2.33 bits per heavy atom. The van der Waals surface area contributed by atoms with E-state index in [1.165, 1.54) is 11.0 Å². The molecule has 3 rings (SSSR count). The number of nitriles is 1. The number of hydrogen-bond donors (Lipinski definition) is 2. The molecule has 11 heteroatoms. The predicted octanol–water partition coefficient (Wildman–Crippen LogP) is 7.66. The van der Waals surface area contributed by atoms with Crippen LogP contribution in [-0.4, -0.2) is 33.3 Å². The third kappa shape index (κ3) is 7.67. The fourth-order valence-corrected chi connectivity index (χ4v) is 5.33. The van der Waals surface area contributed by atoms with Gasteiger partial charge in [0.05, 0.1) is 39.3 Å². The number of nitrogens with one attached hydrogen (secondary N) is 2. The van der Waals surface area contributed by atoms with E-state index in [9.17, 15) is 19.2 Å². The van der Waals surface area contributed by atoms with Crippen LogP contribution in [0, 0.1) is 24.2 Å². The van der Waals surface area contributed by atoms with Gasteiger partial charge in [-0.25, -0.2) is 4.39 Å². The van der Waals surface area contributed by atoms with Crippen molar-refractivity contribution < 1.29 is 18.4 Å². The van der Waals surface area contributed by atoms with Crippen LogP contribution in [0.2, 0.25) is 22.5 Å². The molecular formula is C28H32ClFN4O3SSi. The summed E-state index contributed by atoms with van der Waals surface area (Å²) in [7, 11) is -1.93. The third-order valence-electron chi connectivity index (χ3n) is 6.73. The fourth-order valence-electron chi connectivity index (χ4n) is 3.36. The van der Waals surface area contributed by atoms with Crippen molar-refractivity contribution in [3.63, 3.8) is 0 Å². The quantitative estimate of drug-likeness (QED) is 0.152. The zero-order valence-electron chi connectivity index (χ0n) is 22.8. The molecular weight excluding hydrogens is 555 g/mol. The standard InChI is InChI=1S/C28H32ClFN4O3SSi/c1-18-15-23(33-27(36)24-11-12-25(29)38-24)21(16-22(18)30)26(35)32-19-7-9-20(10-8-19)34(17-31)13-14-37-39(5,6)28(2,3)4/h7-12,15-16H,13-14H2,1-6H3,(H,32,35)(H,33,36). The van der Waals surface area contributed by atoms with Crippen LogP contribution < -0.4 is 15.5 Å². The molecule has 0 saturated carbocycles. The molecule has 39 heavy (non-hydrogen) atoms. The predicted molar refractivity (Wildman–Crippen MR) is 159 cm³/mol. The van der Waals surface area contributed by atoms with E-state index in [0.717, 1.165) is 17.4 Å². The van der Waals surface area contributed by atoms with Crippen molar-refractivity contribution >= 4 is 60.1 Å². The van der Waals surface area contributed by atoms with Crippen molar-refractivity contribution in [3.05, 3.63) is 74.7 Å². The Hall–Kier alpha value is -3.23. The molecule has 0 unspecified atom stereocenters. The van der Waals surface area contributed by atoms with E-state index in [1.54, 1.807) is 43.3 Å². The number of anilines is 3. The molecule has 1 aromatic heterocycles. The lowest BCUT2D eigenvalue weighted by atomic mass is 10.1. The molecule has 1 heterocycles. The molecule has 7 nitrogen and oxygen atoms in total. The van der Waals surface area contributed by atoms with Gasteiger partial charge in [-0.05, 0) is 79.2 Å². The summed E-state index contributed by atoms with van der Waals surface area (Å²) in [6.07, 6.45) is 2.17. The van der Waals surface area contributed by atoms with Gasteiger partial charge in [0.1, 0.15) is 5.82 Å². The van der Waals surface area contributed by atoms with Gasteiger partial charge in [0.2, 0.25) is 0 Å². The maximum absolute atomic E-state index is 14.4. The first-order valence-corrected chi connectivity index (χ1v) is 16.4. The van der Waals surface area contributed by atoms with Crippen molar-refractivity contribution in [1.82, 2.24) is 0 Å². The molecule has 3 aromatic rings. The van der Waals surface area contributed by atoms with Crippen LogP contribution in [0.3, 0.4) is 0 Å². The molecule has 2 amide bonds. The van der Waals surface area contributed by atoms with Crippen LogP contribution >= 0.6 is 22.9 Å². The van der Waals surface area contributed by atoms with Gasteiger partial charge in [-0.2, -0.15) is 5.26 Å². The second-order valence-corrected chi connectivity index (χ2v) is 17.1. The molecule has 2 N–H and O–H groups in total. The number of rotatable bonds is 9. The number of hydrogen-bond acceptors (Lipinski definition) is 6. The molecule has 0 aliphatic carbocycles. The third-order valence-corrected chi connectivity index (χ3v) is 12.5.